The van der Waals surface area contributed by atoms with Crippen molar-refractivity contribution in [3.8, 4) is 5.75 Å². The lowest BCUT2D eigenvalue weighted by molar-refractivity contribution is 0.187. The first kappa shape index (κ1) is 15.3. The molecule has 2 N–H and O–H groups in total. The summed E-state index contributed by atoms with van der Waals surface area (Å²) in [6, 6.07) is 5.26. The van der Waals surface area contributed by atoms with Crippen LogP contribution < -0.4 is 10.1 Å². The number of fused-ring (bicyclic) bond motifs is 1. The number of aryl methyl sites for hydroxylation is 1. The number of nitrogens with zero attached hydrogens (tertiary/aromatic N) is 3. The van der Waals surface area contributed by atoms with Crippen LogP contribution in [0.15, 0.2) is 22.7 Å². The number of benzene rings is 1. The highest BCUT2D eigenvalue weighted by Crippen LogP contribution is 2.24. The third-order valence-corrected chi connectivity index (χ3v) is 3.54. The number of hydrogen-bond donors (Lipinski definition) is 2. The molecule has 0 saturated heterocycles. The van der Waals surface area contributed by atoms with Gasteiger partial charge in [-0.15, -0.1) is 0 Å². The average molecular weight is 318 g/mol. The number of hydrogen-bond acceptors (Lipinski definition) is 6. The highest BCUT2D eigenvalue weighted by molar-refractivity contribution is 5.74. The minimum atomic E-state index is -0.224. The smallest absolute Gasteiger partial charge is 0.318 e. The number of aliphatic hydroxyl groups is 1. The van der Waals surface area contributed by atoms with Gasteiger partial charge < -0.3 is 24.6 Å². The van der Waals surface area contributed by atoms with Crippen LogP contribution >= 0.6 is 0 Å². The van der Waals surface area contributed by atoms with E-state index in [0.29, 0.717) is 31.4 Å². The minimum Gasteiger partial charge on any atom is -0.491 e. The number of rotatable bonds is 3. The molecule has 1 aromatic heterocycles. The van der Waals surface area contributed by atoms with Crippen LogP contribution in [0.5, 0.6) is 5.75 Å². The summed E-state index contributed by atoms with van der Waals surface area (Å²) in [5.74, 6) is 1.64. The van der Waals surface area contributed by atoms with E-state index in [2.05, 4.69) is 15.5 Å². The quantitative estimate of drug-likeness (QED) is 0.875. The zero-order chi connectivity index (χ0) is 16.2. The Balaban J connectivity index is 1.66. The van der Waals surface area contributed by atoms with Crippen LogP contribution in [0, 0.1) is 6.92 Å². The average Bonchev–Trinajstić information content (AvgIpc) is 2.86. The van der Waals surface area contributed by atoms with Crippen molar-refractivity contribution in [2.75, 3.05) is 13.2 Å². The number of amides is 2. The summed E-state index contributed by atoms with van der Waals surface area (Å²) < 4.78 is 10.5. The van der Waals surface area contributed by atoms with Gasteiger partial charge >= 0.3 is 6.03 Å². The Morgan fingerprint density at radius 1 is 1.48 bits per heavy atom. The molecule has 0 aliphatic carbocycles. The number of nitrogens with one attached hydrogen (secondary N) is 1. The molecule has 23 heavy (non-hydrogen) atoms. The van der Waals surface area contributed by atoms with Gasteiger partial charge in [-0.25, -0.2) is 4.79 Å². The Bertz CT molecular complexity index is 701. The predicted octanol–water partition coefficient (Wildman–Crippen LogP) is 0.975. The Labute approximate surface area is 133 Å². The normalized spacial score (nSPS) is 13.9. The first-order chi connectivity index (χ1) is 11.2. The summed E-state index contributed by atoms with van der Waals surface area (Å²) >= 11 is 0. The zero-order valence-electron chi connectivity index (χ0n) is 12.8. The molecule has 1 aliphatic heterocycles. The monoisotopic (exact) mass is 318 g/mol. The molecule has 0 spiro atoms. The van der Waals surface area contributed by atoms with Crippen LogP contribution in [-0.4, -0.2) is 39.3 Å². The van der Waals surface area contributed by atoms with E-state index in [4.69, 9.17) is 9.26 Å². The SMILES string of the molecule is Cc1nc(CNC(=O)N2CCOc3ccc(CO)cc3C2)no1. The van der Waals surface area contributed by atoms with Crippen molar-refractivity contribution in [1.82, 2.24) is 20.4 Å². The number of aromatic nitrogens is 2. The van der Waals surface area contributed by atoms with Gasteiger partial charge in [0.2, 0.25) is 5.89 Å². The lowest BCUT2D eigenvalue weighted by atomic mass is 10.1. The summed E-state index contributed by atoms with van der Waals surface area (Å²) in [6.07, 6.45) is 0. The van der Waals surface area contributed by atoms with E-state index < -0.39 is 0 Å². The maximum absolute atomic E-state index is 12.3. The van der Waals surface area contributed by atoms with Crippen LogP contribution in [0.3, 0.4) is 0 Å². The van der Waals surface area contributed by atoms with E-state index in [0.717, 1.165) is 16.9 Å². The Morgan fingerprint density at radius 2 is 2.35 bits per heavy atom. The van der Waals surface area contributed by atoms with Crippen molar-refractivity contribution in [2.45, 2.75) is 26.6 Å². The van der Waals surface area contributed by atoms with Crippen molar-refractivity contribution >= 4 is 6.03 Å². The number of carbonyl (C=O) groups is 1. The molecule has 0 bridgehead atoms. The molecule has 1 aliphatic rings. The summed E-state index contributed by atoms with van der Waals surface area (Å²) in [7, 11) is 0. The lowest BCUT2D eigenvalue weighted by Gasteiger charge is -2.20. The van der Waals surface area contributed by atoms with E-state index in [1.165, 1.54) is 0 Å². The van der Waals surface area contributed by atoms with Gasteiger partial charge in [0.25, 0.3) is 0 Å². The number of carbonyl (C=O) groups excluding carboxylic acids is 1. The molecule has 2 amide bonds. The highest BCUT2D eigenvalue weighted by atomic mass is 16.5. The first-order valence-electron chi connectivity index (χ1n) is 7.33. The summed E-state index contributed by atoms with van der Waals surface area (Å²) in [5.41, 5.74) is 1.66. The number of aliphatic hydroxyl groups excluding tert-OH is 1. The van der Waals surface area contributed by atoms with Crippen molar-refractivity contribution < 1.29 is 19.2 Å². The maximum atomic E-state index is 12.3. The summed E-state index contributed by atoms with van der Waals surface area (Å²) in [6.45, 7) is 3.16. The molecule has 2 heterocycles. The lowest BCUT2D eigenvalue weighted by Crippen LogP contribution is -2.40. The fourth-order valence-corrected chi connectivity index (χ4v) is 2.40. The highest BCUT2D eigenvalue weighted by Gasteiger charge is 2.20. The molecule has 0 atom stereocenters. The van der Waals surface area contributed by atoms with Gasteiger partial charge in [-0.2, -0.15) is 4.98 Å². The van der Waals surface area contributed by atoms with Crippen LogP contribution in [-0.2, 0) is 19.7 Å². The molecular weight excluding hydrogens is 300 g/mol. The van der Waals surface area contributed by atoms with Gasteiger partial charge in [-0.05, 0) is 17.7 Å². The Kier molecular flexibility index (Phi) is 4.42. The van der Waals surface area contributed by atoms with Gasteiger partial charge in [-0.1, -0.05) is 11.2 Å². The third kappa shape index (κ3) is 3.59. The second kappa shape index (κ2) is 6.66. The van der Waals surface area contributed by atoms with Gasteiger partial charge in [0.05, 0.1) is 26.2 Å². The van der Waals surface area contributed by atoms with Crippen LogP contribution in [0.4, 0.5) is 4.79 Å². The van der Waals surface area contributed by atoms with Crippen molar-refractivity contribution in [3.05, 3.63) is 41.0 Å². The zero-order valence-corrected chi connectivity index (χ0v) is 12.8. The number of ether oxygens (including phenoxy) is 1. The van der Waals surface area contributed by atoms with Crippen molar-refractivity contribution in [3.63, 3.8) is 0 Å². The molecule has 3 rings (SSSR count). The molecule has 8 nitrogen and oxygen atoms in total. The van der Waals surface area contributed by atoms with Gasteiger partial charge in [0.1, 0.15) is 12.4 Å². The molecule has 0 saturated carbocycles. The van der Waals surface area contributed by atoms with Gasteiger partial charge in [0.15, 0.2) is 5.82 Å². The van der Waals surface area contributed by atoms with E-state index in [9.17, 15) is 9.90 Å². The second-order valence-corrected chi connectivity index (χ2v) is 5.26. The van der Waals surface area contributed by atoms with E-state index in [1.54, 1.807) is 11.8 Å². The first-order valence-corrected chi connectivity index (χ1v) is 7.33. The second-order valence-electron chi connectivity index (χ2n) is 5.26. The molecule has 0 unspecified atom stereocenters. The van der Waals surface area contributed by atoms with E-state index in [-0.39, 0.29) is 19.2 Å². The van der Waals surface area contributed by atoms with Gasteiger partial charge in [0, 0.05) is 12.5 Å². The van der Waals surface area contributed by atoms with Crippen LogP contribution in [0.1, 0.15) is 22.8 Å². The van der Waals surface area contributed by atoms with E-state index in [1.807, 2.05) is 18.2 Å². The Hall–Kier alpha value is -2.61. The van der Waals surface area contributed by atoms with Crippen LogP contribution in [0.2, 0.25) is 0 Å². The van der Waals surface area contributed by atoms with Gasteiger partial charge in [-0.3, -0.25) is 0 Å². The third-order valence-electron chi connectivity index (χ3n) is 3.54. The van der Waals surface area contributed by atoms with E-state index >= 15 is 0 Å². The minimum absolute atomic E-state index is 0.0450. The Morgan fingerprint density at radius 3 is 3.09 bits per heavy atom. The van der Waals surface area contributed by atoms with Crippen molar-refractivity contribution in [1.29, 1.82) is 0 Å². The van der Waals surface area contributed by atoms with Crippen molar-refractivity contribution in [2.24, 2.45) is 0 Å². The molecule has 122 valence electrons. The largest absolute Gasteiger partial charge is 0.491 e. The predicted molar refractivity (Wildman–Crippen MR) is 79.5 cm³/mol. The molecule has 0 radical (unpaired) electrons. The fraction of sp³-hybridized carbons (Fsp3) is 0.400. The molecule has 1 aromatic carbocycles. The molecule has 8 heteroatoms. The summed E-state index contributed by atoms with van der Waals surface area (Å²) in [4.78, 5) is 18.0. The summed E-state index contributed by atoms with van der Waals surface area (Å²) in [5, 5.41) is 15.7. The fourth-order valence-electron chi connectivity index (χ4n) is 2.40. The standard InChI is InChI=1S/C15H18N4O4/c1-10-17-14(18-23-10)7-16-15(21)19-4-5-22-13-3-2-11(9-20)6-12(13)8-19/h2-3,6,20H,4-5,7-9H2,1H3,(H,16,21). The number of urea groups is 1. The topological polar surface area (TPSA) is 101 Å². The van der Waals surface area contributed by atoms with Crippen LogP contribution in [0.25, 0.3) is 0 Å². The molecular formula is C15H18N4O4. The molecule has 0 fully saturated rings. The maximum Gasteiger partial charge on any atom is 0.318 e. The molecule has 2 aromatic rings.